The second-order valence-corrected chi connectivity index (χ2v) is 9.95. The Hall–Kier alpha value is -3.23. The van der Waals surface area contributed by atoms with Gasteiger partial charge in [-0.25, -0.2) is 0 Å². The van der Waals surface area contributed by atoms with Crippen LogP contribution in [0.25, 0.3) is 9.40 Å². The van der Waals surface area contributed by atoms with Crippen LogP contribution in [0, 0.1) is 0 Å². The van der Waals surface area contributed by atoms with E-state index in [1.54, 1.807) is 6.92 Å². The van der Waals surface area contributed by atoms with Crippen molar-refractivity contribution < 1.29 is 9.53 Å². The van der Waals surface area contributed by atoms with E-state index in [4.69, 9.17) is 4.74 Å². The number of unbranched alkanes of at least 4 members (excludes halogenated alkanes) is 3. The maximum Gasteiger partial charge on any atom is 0.169 e. The summed E-state index contributed by atoms with van der Waals surface area (Å²) in [5, 5.41) is 18.0. The monoisotopic (exact) mass is 490 g/mol. The van der Waals surface area contributed by atoms with Crippen molar-refractivity contribution in [1.29, 1.82) is 0 Å². The van der Waals surface area contributed by atoms with E-state index in [1.807, 2.05) is 60.7 Å². The fourth-order valence-electron chi connectivity index (χ4n) is 3.18. The van der Waals surface area contributed by atoms with Crippen LogP contribution in [0.2, 0.25) is 0 Å². The lowest BCUT2D eigenvalue weighted by atomic mass is 10.2. The molecule has 0 spiro atoms. The number of thiophene rings is 2. The molecule has 0 unspecified atom stereocenters. The maximum absolute atomic E-state index is 11.5. The number of nitrogens with zero attached hydrogens (tertiary/aromatic N) is 4. The molecule has 0 radical (unpaired) electrons. The summed E-state index contributed by atoms with van der Waals surface area (Å²) in [6, 6.07) is 19.0. The Kier molecular flexibility index (Phi) is 8.27. The average Bonchev–Trinajstić information content (AvgIpc) is 3.42. The molecular weight excluding hydrogens is 464 g/mol. The number of ether oxygens (including phenoxy) is 1. The molecule has 0 aliphatic rings. The lowest BCUT2D eigenvalue weighted by molar-refractivity contribution is 0.102. The highest BCUT2D eigenvalue weighted by molar-refractivity contribution is 7.30. The molecule has 8 heteroatoms. The Bertz CT molecular complexity index is 1260. The van der Waals surface area contributed by atoms with Gasteiger partial charge in [-0.2, -0.15) is 10.2 Å². The first-order chi connectivity index (χ1) is 16.6. The zero-order chi connectivity index (χ0) is 23.8. The van der Waals surface area contributed by atoms with E-state index in [0.29, 0.717) is 0 Å². The van der Waals surface area contributed by atoms with Crippen LogP contribution in [0.15, 0.2) is 81.1 Å². The van der Waals surface area contributed by atoms with E-state index in [2.05, 4.69) is 27.4 Å². The number of fused-ring (bicyclic) bond motifs is 1. The molecule has 0 atom stereocenters. The van der Waals surface area contributed by atoms with Crippen molar-refractivity contribution in [3.05, 3.63) is 65.5 Å². The minimum atomic E-state index is 0.0908. The third-order valence-electron chi connectivity index (χ3n) is 5.04. The number of rotatable bonds is 11. The highest BCUT2D eigenvalue weighted by Crippen LogP contribution is 2.38. The molecular formula is C26H26N4O2S2. The Morgan fingerprint density at radius 1 is 0.765 bits per heavy atom. The van der Waals surface area contributed by atoms with Gasteiger partial charge in [-0.1, -0.05) is 26.2 Å². The van der Waals surface area contributed by atoms with Crippen LogP contribution < -0.4 is 4.74 Å². The van der Waals surface area contributed by atoms with Crippen molar-refractivity contribution in [2.45, 2.75) is 39.5 Å². The largest absolute Gasteiger partial charge is 0.494 e. The van der Waals surface area contributed by atoms with E-state index in [-0.39, 0.29) is 5.78 Å². The lowest BCUT2D eigenvalue weighted by Crippen LogP contribution is -1.96. The van der Waals surface area contributed by atoms with E-state index >= 15 is 0 Å². The minimum Gasteiger partial charge on any atom is -0.494 e. The summed E-state index contributed by atoms with van der Waals surface area (Å²) < 4.78 is 7.88. The van der Waals surface area contributed by atoms with Gasteiger partial charge in [-0.3, -0.25) is 4.79 Å². The van der Waals surface area contributed by atoms with Crippen LogP contribution >= 0.6 is 22.7 Å². The van der Waals surface area contributed by atoms with Gasteiger partial charge in [0.2, 0.25) is 0 Å². The standard InChI is InChI=1S/C26H26N4O2S2/c1-3-4-5-6-15-32-22-13-11-21(12-14-22)28-27-19-7-9-20(10-8-19)29-30-26-17-25-24(34-26)16-23(33-25)18(2)31/h7-14,16-17H,3-6,15H2,1-2H3. The van der Waals surface area contributed by atoms with E-state index in [1.165, 1.54) is 41.9 Å². The summed E-state index contributed by atoms with van der Waals surface area (Å²) in [6.45, 7) is 4.53. The number of ketones is 1. The fraction of sp³-hybridized carbons (Fsp3) is 0.269. The molecule has 4 rings (SSSR count). The van der Waals surface area contributed by atoms with Crippen LogP contribution in [-0.4, -0.2) is 12.4 Å². The highest BCUT2D eigenvalue weighted by Gasteiger charge is 2.09. The minimum absolute atomic E-state index is 0.0908. The molecule has 4 aromatic rings. The average molecular weight is 491 g/mol. The lowest BCUT2D eigenvalue weighted by Gasteiger charge is -2.05. The Labute approximate surface area is 207 Å². The van der Waals surface area contributed by atoms with Crippen molar-refractivity contribution in [2.75, 3.05) is 6.61 Å². The number of hydrogen-bond acceptors (Lipinski definition) is 8. The summed E-state index contributed by atoms with van der Waals surface area (Å²) in [7, 11) is 0. The third-order valence-corrected chi connectivity index (χ3v) is 7.32. The zero-order valence-electron chi connectivity index (χ0n) is 19.2. The summed E-state index contributed by atoms with van der Waals surface area (Å²) >= 11 is 3.02. The molecule has 2 aromatic carbocycles. The van der Waals surface area contributed by atoms with Gasteiger partial charge in [0.1, 0.15) is 10.8 Å². The van der Waals surface area contributed by atoms with Crippen LogP contribution in [0.1, 0.15) is 49.2 Å². The van der Waals surface area contributed by atoms with Crippen LogP contribution in [0.5, 0.6) is 5.75 Å². The summed E-state index contributed by atoms with van der Waals surface area (Å²) in [5.74, 6) is 0.947. The maximum atomic E-state index is 11.5. The van der Waals surface area contributed by atoms with Crippen LogP contribution in [-0.2, 0) is 0 Å². The molecule has 0 amide bonds. The fourth-order valence-corrected chi connectivity index (χ4v) is 5.29. The Morgan fingerprint density at radius 2 is 1.35 bits per heavy atom. The predicted molar refractivity (Wildman–Crippen MR) is 141 cm³/mol. The first-order valence-electron chi connectivity index (χ1n) is 11.3. The second kappa shape index (κ2) is 11.8. The topological polar surface area (TPSA) is 75.7 Å². The number of Topliss-reactive ketones (excluding diaryl/α,β-unsaturated/α-hetero) is 1. The number of carbonyl (C=O) groups is 1. The smallest absolute Gasteiger partial charge is 0.169 e. The van der Waals surface area contributed by atoms with Gasteiger partial charge in [0.25, 0.3) is 0 Å². The molecule has 0 aliphatic heterocycles. The van der Waals surface area contributed by atoms with E-state index in [9.17, 15) is 4.79 Å². The quantitative estimate of drug-likeness (QED) is 0.119. The van der Waals surface area contributed by atoms with Crippen molar-refractivity contribution in [3.8, 4) is 5.75 Å². The van der Waals surface area contributed by atoms with Crippen molar-refractivity contribution in [1.82, 2.24) is 0 Å². The summed E-state index contributed by atoms with van der Waals surface area (Å²) in [4.78, 5) is 12.3. The molecule has 2 aromatic heterocycles. The molecule has 0 saturated carbocycles. The number of carbonyl (C=O) groups excluding carboxylic acids is 1. The molecule has 0 fully saturated rings. The highest BCUT2D eigenvalue weighted by atomic mass is 32.1. The first-order valence-corrected chi connectivity index (χ1v) is 12.9. The third kappa shape index (κ3) is 6.65. The summed E-state index contributed by atoms with van der Waals surface area (Å²) in [6.07, 6.45) is 4.77. The van der Waals surface area contributed by atoms with Gasteiger partial charge in [0.15, 0.2) is 5.78 Å². The van der Waals surface area contributed by atoms with Gasteiger partial charge in [0, 0.05) is 9.40 Å². The summed E-state index contributed by atoms with van der Waals surface area (Å²) in [5.41, 5.74) is 2.25. The molecule has 34 heavy (non-hydrogen) atoms. The molecule has 6 nitrogen and oxygen atoms in total. The molecule has 0 aliphatic carbocycles. The van der Waals surface area contributed by atoms with Gasteiger partial charge in [0.05, 0.1) is 28.5 Å². The number of hydrogen-bond donors (Lipinski definition) is 0. The second-order valence-electron chi connectivity index (χ2n) is 7.80. The predicted octanol–water partition coefficient (Wildman–Crippen LogP) is 9.96. The Morgan fingerprint density at radius 3 is 1.94 bits per heavy atom. The molecule has 0 N–H and O–H groups in total. The van der Waals surface area contributed by atoms with Crippen LogP contribution in [0.3, 0.4) is 0 Å². The van der Waals surface area contributed by atoms with Gasteiger partial charge < -0.3 is 4.74 Å². The van der Waals surface area contributed by atoms with Crippen LogP contribution in [0.4, 0.5) is 22.1 Å². The van der Waals surface area contributed by atoms with E-state index in [0.717, 1.165) is 55.1 Å². The van der Waals surface area contributed by atoms with Gasteiger partial charge in [-0.15, -0.1) is 32.9 Å². The zero-order valence-corrected chi connectivity index (χ0v) is 20.9. The number of azo groups is 2. The molecule has 2 heterocycles. The SMILES string of the molecule is CCCCCCOc1ccc(N=Nc2ccc(N=Nc3cc4sc(C(C)=O)cc4s3)cc2)cc1. The van der Waals surface area contributed by atoms with Crippen molar-refractivity contribution in [3.63, 3.8) is 0 Å². The van der Waals surface area contributed by atoms with E-state index < -0.39 is 0 Å². The molecule has 0 saturated heterocycles. The van der Waals surface area contributed by atoms with Gasteiger partial charge in [-0.05, 0) is 74.0 Å². The van der Waals surface area contributed by atoms with Crippen molar-refractivity contribution in [2.24, 2.45) is 20.5 Å². The molecule has 0 bridgehead atoms. The first kappa shape index (κ1) is 23.9. The number of benzene rings is 2. The Balaban J connectivity index is 1.30. The normalized spacial score (nSPS) is 11.7. The molecule has 174 valence electrons. The van der Waals surface area contributed by atoms with Gasteiger partial charge >= 0.3 is 0 Å². The van der Waals surface area contributed by atoms with Crippen molar-refractivity contribution >= 4 is 59.9 Å².